The number of hydrogen-bond acceptors (Lipinski definition) is 6. The molecule has 2 aliphatic heterocycles. The van der Waals surface area contributed by atoms with Crippen LogP contribution in [0.4, 0.5) is 0 Å². The number of aromatic nitrogens is 3. The Labute approximate surface area is 159 Å². The van der Waals surface area contributed by atoms with Gasteiger partial charge in [0.2, 0.25) is 11.8 Å². The molecule has 1 aromatic heterocycles. The lowest BCUT2D eigenvalue weighted by molar-refractivity contribution is -0.138. The zero-order valence-electron chi connectivity index (χ0n) is 16.2. The summed E-state index contributed by atoms with van der Waals surface area (Å²) in [5.41, 5.74) is 6.06. The number of rotatable bonds is 3. The zero-order valence-corrected chi connectivity index (χ0v) is 16.2. The zero-order chi connectivity index (χ0) is 19.6. The third-order valence-corrected chi connectivity index (χ3v) is 5.89. The molecule has 3 N–H and O–H groups in total. The van der Waals surface area contributed by atoms with E-state index in [-0.39, 0.29) is 36.3 Å². The van der Waals surface area contributed by atoms with Crippen molar-refractivity contribution in [3.63, 3.8) is 0 Å². The first-order chi connectivity index (χ1) is 12.9. The lowest BCUT2D eigenvalue weighted by atomic mass is 9.93. The quantitative estimate of drug-likeness (QED) is 0.739. The molecule has 2 saturated heterocycles. The van der Waals surface area contributed by atoms with E-state index in [1.54, 1.807) is 4.90 Å². The predicted octanol–water partition coefficient (Wildman–Crippen LogP) is -0.401. The first kappa shape index (κ1) is 19.8. The highest BCUT2D eigenvalue weighted by molar-refractivity contribution is 5.80. The second-order valence-electron chi connectivity index (χ2n) is 7.75. The smallest absolute Gasteiger partial charge is 0.227 e. The average molecular weight is 378 g/mol. The van der Waals surface area contributed by atoms with Gasteiger partial charge in [-0.25, -0.2) is 0 Å². The van der Waals surface area contributed by atoms with Crippen molar-refractivity contribution in [2.24, 2.45) is 18.7 Å². The van der Waals surface area contributed by atoms with Gasteiger partial charge in [-0.2, -0.15) is 0 Å². The van der Waals surface area contributed by atoms with Crippen LogP contribution in [0.5, 0.6) is 0 Å². The van der Waals surface area contributed by atoms with E-state index in [1.165, 1.54) is 6.92 Å². The fourth-order valence-corrected chi connectivity index (χ4v) is 4.16. The molecule has 2 fully saturated rings. The Bertz CT molecular complexity index is 683. The lowest BCUT2D eigenvalue weighted by Crippen LogP contribution is -2.45. The van der Waals surface area contributed by atoms with Crippen molar-refractivity contribution in [2.45, 2.75) is 51.2 Å². The van der Waals surface area contributed by atoms with Gasteiger partial charge in [-0.05, 0) is 25.7 Å². The second-order valence-corrected chi connectivity index (χ2v) is 7.75. The topological polar surface area (TPSA) is 118 Å². The van der Waals surface area contributed by atoms with Crippen LogP contribution in [0.15, 0.2) is 0 Å². The number of carbonyl (C=O) groups is 2. The van der Waals surface area contributed by atoms with Gasteiger partial charge in [-0.3, -0.25) is 9.59 Å². The Hall–Kier alpha value is -2.00. The van der Waals surface area contributed by atoms with E-state index in [2.05, 4.69) is 10.2 Å². The molecular weight excluding hydrogens is 348 g/mol. The van der Waals surface area contributed by atoms with Crippen LogP contribution in [0, 0.1) is 5.92 Å². The van der Waals surface area contributed by atoms with Gasteiger partial charge in [0.25, 0.3) is 0 Å². The van der Waals surface area contributed by atoms with Crippen molar-refractivity contribution >= 4 is 11.8 Å². The molecule has 27 heavy (non-hydrogen) atoms. The van der Waals surface area contributed by atoms with Crippen LogP contribution in [0.25, 0.3) is 0 Å². The van der Waals surface area contributed by atoms with Gasteiger partial charge in [0.1, 0.15) is 12.4 Å². The Morgan fingerprint density at radius 3 is 2.41 bits per heavy atom. The van der Waals surface area contributed by atoms with E-state index in [1.807, 2.05) is 16.5 Å². The van der Waals surface area contributed by atoms with Gasteiger partial charge in [0.15, 0.2) is 5.82 Å². The molecule has 1 aromatic rings. The van der Waals surface area contributed by atoms with E-state index in [0.29, 0.717) is 32.0 Å². The normalized spacial score (nSPS) is 24.7. The van der Waals surface area contributed by atoms with Crippen LogP contribution in [-0.2, 0) is 23.2 Å². The maximum Gasteiger partial charge on any atom is 0.227 e. The molecule has 2 atom stereocenters. The molecule has 2 amide bonds. The summed E-state index contributed by atoms with van der Waals surface area (Å²) < 4.78 is 1.85. The number of carbonyl (C=O) groups excluding carboxylic acids is 2. The first-order valence-electron chi connectivity index (χ1n) is 9.69. The molecule has 2 aliphatic rings. The van der Waals surface area contributed by atoms with Crippen molar-refractivity contribution in [3.05, 3.63) is 11.6 Å². The minimum Gasteiger partial charge on any atom is -0.388 e. The third-order valence-electron chi connectivity index (χ3n) is 5.89. The number of nitrogens with zero attached hydrogens (tertiary/aromatic N) is 5. The van der Waals surface area contributed by atoms with Gasteiger partial charge < -0.3 is 25.2 Å². The van der Waals surface area contributed by atoms with Crippen LogP contribution in [0.3, 0.4) is 0 Å². The number of likely N-dealkylation sites (tertiary alicyclic amines) is 2. The monoisotopic (exact) mass is 378 g/mol. The van der Waals surface area contributed by atoms with Crippen LogP contribution in [0.2, 0.25) is 0 Å². The van der Waals surface area contributed by atoms with Crippen LogP contribution >= 0.6 is 0 Å². The fraction of sp³-hybridized carbons (Fsp3) is 0.778. The summed E-state index contributed by atoms with van der Waals surface area (Å²) in [5, 5.41) is 17.5. The summed E-state index contributed by atoms with van der Waals surface area (Å²) in [6, 6.07) is -0.0610. The minimum atomic E-state index is -0.171. The maximum atomic E-state index is 13.0. The van der Waals surface area contributed by atoms with Crippen molar-refractivity contribution < 1.29 is 14.7 Å². The SMILES string of the molecule is CC(=O)N1C[C@@H](N)CC[C@@H](C(=O)N2CCC(c3nnc(CO)n3C)CC2)C1. The lowest BCUT2D eigenvalue weighted by Gasteiger charge is -2.34. The van der Waals surface area contributed by atoms with Crippen molar-refractivity contribution in [1.29, 1.82) is 0 Å². The summed E-state index contributed by atoms with van der Waals surface area (Å²) in [4.78, 5) is 28.5. The predicted molar refractivity (Wildman–Crippen MR) is 98.4 cm³/mol. The Morgan fingerprint density at radius 2 is 1.81 bits per heavy atom. The molecular formula is C18H30N6O3. The Kier molecular flexibility index (Phi) is 6.11. The van der Waals surface area contributed by atoms with Gasteiger partial charge in [-0.15, -0.1) is 10.2 Å². The number of nitrogens with two attached hydrogens (primary N) is 1. The Morgan fingerprint density at radius 1 is 1.11 bits per heavy atom. The molecule has 150 valence electrons. The van der Waals surface area contributed by atoms with Crippen LogP contribution in [-0.4, -0.2) is 73.7 Å². The number of aliphatic hydroxyl groups is 1. The van der Waals surface area contributed by atoms with Gasteiger partial charge in [-0.1, -0.05) is 0 Å². The highest BCUT2D eigenvalue weighted by Crippen LogP contribution is 2.28. The second kappa shape index (κ2) is 8.35. The number of hydrogen-bond donors (Lipinski definition) is 2. The largest absolute Gasteiger partial charge is 0.388 e. The highest BCUT2D eigenvalue weighted by Gasteiger charge is 2.33. The van der Waals surface area contributed by atoms with E-state index in [9.17, 15) is 14.7 Å². The van der Waals surface area contributed by atoms with E-state index in [4.69, 9.17) is 5.73 Å². The van der Waals surface area contributed by atoms with Crippen LogP contribution < -0.4 is 5.73 Å². The van der Waals surface area contributed by atoms with Gasteiger partial charge >= 0.3 is 0 Å². The molecule has 9 heteroatoms. The van der Waals surface area contributed by atoms with E-state index < -0.39 is 0 Å². The molecule has 0 unspecified atom stereocenters. The summed E-state index contributed by atoms with van der Waals surface area (Å²) in [6.45, 7) is 3.75. The number of piperidine rings is 1. The number of amides is 2. The summed E-state index contributed by atoms with van der Waals surface area (Å²) in [6.07, 6.45) is 3.14. The number of aliphatic hydroxyl groups excluding tert-OH is 1. The molecule has 0 spiro atoms. The van der Waals surface area contributed by atoms with Crippen molar-refractivity contribution in [1.82, 2.24) is 24.6 Å². The highest BCUT2D eigenvalue weighted by atomic mass is 16.3. The Balaban J connectivity index is 1.60. The molecule has 3 heterocycles. The van der Waals surface area contributed by atoms with E-state index >= 15 is 0 Å². The molecule has 0 radical (unpaired) electrons. The summed E-state index contributed by atoms with van der Waals surface area (Å²) >= 11 is 0. The third kappa shape index (κ3) is 4.30. The van der Waals surface area contributed by atoms with Gasteiger partial charge in [0.05, 0.1) is 5.92 Å². The molecule has 0 aliphatic carbocycles. The minimum absolute atomic E-state index is 0.0224. The van der Waals surface area contributed by atoms with Gasteiger partial charge in [0, 0.05) is 52.1 Å². The fourth-order valence-electron chi connectivity index (χ4n) is 4.16. The van der Waals surface area contributed by atoms with E-state index in [0.717, 1.165) is 31.5 Å². The van der Waals surface area contributed by atoms with Crippen LogP contribution in [0.1, 0.15) is 50.2 Å². The summed E-state index contributed by atoms with van der Waals surface area (Å²) in [5.74, 6) is 1.60. The maximum absolute atomic E-state index is 13.0. The average Bonchev–Trinajstić information content (AvgIpc) is 2.91. The molecule has 0 saturated carbocycles. The van der Waals surface area contributed by atoms with Crippen molar-refractivity contribution in [3.8, 4) is 0 Å². The van der Waals surface area contributed by atoms with Crippen molar-refractivity contribution in [2.75, 3.05) is 26.2 Å². The molecule has 9 nitrogen and oxygen atoms in total. The molecule has 3 rings (SSSR count). The summed E-state index contributed by atoms with van der Waals surface area (Å²) in [7, 11) is 1.86. The molecule has 0 bridgehead atoms. The first-order valence-corrected chi connectivity index (χ1v) is 9.69. The standard InChI is InChI=1S/C18H30N6O3/c1-12(26)24-9-14(3-4-15(19)10-24)18(27)23-7-5-13(6-8-23)17-21-20-16(11-25)22(17)2/h13-15,25H,3-11,19H2,1-2H3/t14-,15+/m1/s1. The molecule has 0 aromatic carbocycles.